The smallest absolute Gasteiger partial charge is 0.338 e. The molecule has 0 aliphatic carbocycles. The van der Waals surface area contributed by atoms with E-state index in [9.17, 15) is 4.79 Å². The second-order valence-electron chi connectivity index (χ2n) is 3.37. The summed E-state index contributed by atoms with van der Waals surface area (Å²) in [5.41, 5.74) is 4.02. The van der Waals surface area contributed by atoms with E-state index < -0.39 is 0 Å². The van der Waals surface area contributed by atoms with Crippen molar-refractivity contribution in [2.24, 2.45) is 10.3 Å². The van der Waals surface area contributed by atoms with Gasteiger partial charge in [-0.2, -0.15) is 5.11 Å². The zero-order valence-electron chi connectivity index (χ0n) is 10.5. The van der Waals surface area contributed by atoms with Crippen LogP contribution in [0.15, 0.2) is 34.6 Å². The second-order valence-corrected chi connectivity index (χ2v) is 3.37. The first kappa shape index (κ1) is 14.1. The van der Waals surface area contributed by atoms with E-state index in [1.54, 1.807) is 38.3 Å². The monoisotopic (exact) mass is 251 g/mol. The van der Waals surface area contributed by atoms with Crippen molar-refractivity contribution >= 4 is 11.7 Å². The first-order chi connectivity index (χ1) is 8.77. The molecule has 6 nitrogen and oxygen atoms in total. The summed E-state index contributed by atoms with van der Waals surface area (Å²) in [7, 11) is 1.61. The largest absolute Gasteiger partial charge is 0.462 e. The third-order valence-electron chi connectivity index (χ3n) is 2.04. The summed E-state index contributed by atoms with van der Waals surface area (Å²) in [6, 6.07) is 6.82. The number of ether oxygens (including phenoxy) is 2. The van der Waals surface area contributed by atoms with Crippen molar-refractivity contribution in [3.8, 4) is 0 Å². The SMILES string of the molecule is CCOC(=O)c1ccc(NN=NCCOC)cc1. The summed E-state index contributed by atoms with van der Waals surface area (Å²) in [5.74, 6) is -0.328. The molecule has 0 heterocycles. The Balaban J connectivity index is 2.45. The molecule has 0 atom stereocenters. The average Bonchev–Trinajstić information content (AvgIpc) is 2.39. The fourth-order valence-electron chi connectivity index (χ4n) is 1.17. The summed E-state index contributed by atoms with van der Waals surface area (Å²) >= 11 is 0. The Morgan fingerprint density at radius 3 is 2.67 bits per heavy atom. The van der Waals surface area contributed by atoms with Crippen LogP contribution < -0.4 is 5.43 Å². The van der Waals surface area contributed by atoms with Crippen LogP contribution in [0.1, 0.15) is 17.3 Å². The quantitative estimate of drug-likeness (QED) is 0.349. The molecule has 1 N–H and O–H groups in total. The van der Waals surface area contributed by atoms with Gasteiger partial charge in [0.2, 0.25) is 0 Å². The van der Waals surface area contributed by atoms with E-state index in [0.29, 0.717) is 25.3 Å². The molecule has 6 heteroatoms. The first-order valence-electron chi connectivity index (χ1n) is 5.66. The van der Waals surface area contributed by atoms with E-state index in [0.717, 1.165) is 5.69 Å². The standard InChI is InChI=1S/C12H17N3O3/c1-3-18-12(16)10-4-6-11(7-5-10)14-15-13-8-9-17-2/h4-7H,3,8-9H2,1-2H3,(H,13,14). The van der Waals surface area contributed by atoms with Crippen LogP contribution in [0.2, 0.25) is 0 Å². The lowest BCUT2D eigenvalue weighted by molar-refractivity contribution is 0.0526. The molecule has 0 radical (unpaired) electrons. The van der Waals surface area contributed by atoms with Crippen LogP contribution in [0, 0.1) is 0 Å². The number of carbonyl (C=O) groups excluding carboxylic acids is 1. The highest BCUT2D eigenvalue weighted by Gasteiger charge is 2.04. The minimum atomic E-state index is -0.328. The number of esters is 1. The van der Waals surface area contributed by atoms with Gasteiger partial charge in [0.15, 0.2) is 0 Å². The van der Waals surface area contributed by atoms with Crippen molar-refractivity contribution in [2.75, 3.05) is 32.3 Å². The van der Waals surface area contributed by atoms with Crippen molar-refractivity contribution < 1.29 is 14.3 Å². The highest BCUT2D eigenvalue weighted by atomic mass is 16.5. The van der Waals surface area contributed by atoms with Crippen LogP contribution in [0.4, 0.5) is 5.69 Å². The molecule has 0 aliphatic heterocycles. The lowest BCUT2D eigenvalue weighted by Gasteiger charge is -2.03. The van der Waals surface area contributed by atoms with E-state index in [2.05, 4.69) is 15.8 Å². The minimum absolute atomic E-state index is 0.328. The topological polar surface area (TPSA) is 72.3 Å². The number of methoxy groups -OCH3 is 1. The number of hydrogen-bond acceptors (Lipinski definition) is 5. The minimum Gasteiger partial charge on any atom is -0.462 e. The predicted molar refractivity (Wildman–Crippen MR) is 67.6 cm³/mol. The van der Waals surface area contributed by atoms with Crippen LogP contribution in [0.3, 0.4) is 0 Å². The zero-order chi connectivity index (χ0) is 13.2. The number of carbonyl (C=O) groups is 1. The number of nitrogens with one attached hydrogen (secondary N) is 1. The molecule has 0 spiro atoms. The second kappa shape index (κ2) is 8.19. The maximum absolute atomic E-state index is 11.4. The fraction of sp³-hybridized carbons (Fsp3) is 0.417. The van der Waals surface area contributed by atoms with E-state index in [1.807, 2.05) is 0 Å². The molecule has 0 unspecified atom stereocenters. The zero-order valence-corrected chi connectivity index (χ0v) is 10.5. The molecule has 18 heavy (non-hydrogen) atoms. The highest BCUT2D eigenvalue weighted by Crippen LogP contribution is 2.10. The third kappa shape index (κ3) is 4.92. The van der Waals surface area contributed by atoms with Crippen LogP contribution in [-0.4, -0.2) is 32.8 Å². The Hall–Kier alpha value is -1.95. The van der Waals surface area contributed by atoms with Crippen LogP contribution in [-0.2, 0) is 9.47 Å². The Bertz CT molecular complexity index is 390. The van der Waals surface area contributed by atoms with Crippen molar-refractivity contribution in [3.63, 3.8) is 0 Å². The molecule has 0 saturated heterocycles. The summed E-state index contributed by atoms with van der Waals surface area (Å²) < 4.78 is 9.70. The Morgan fingerprint density at radius 1 is 1.33 bits per heavy atom. The van der Waals surface area contributed by atoms with Gasteiger partial charge in [-0.05, 0) is 31.2 Å². The molecular formula is C12H17N3O3. The molecule has 1 aromatic rings. The van der Waals surface area contributed by atoms with Gasteiger partial charge in [0.05, 0.1) is 31.0 Å². The Kier molecular flexibility index (Phi) is 6.42. The third-order valence-corrected chi connectivity index (χ3v) is 2.04. The van der Waals surface area contributed by atoms with Crippen molar-refractivity contribution in [1.29, 1.82) is 0 Å². The molecule has 0 bridgehead atoms. The van der Waals surface area contributed by atoms with Crippen LogP contribution in [0.5, 0.6) is 0 Å². The molecule has 0 saturated carbocycles. The fourth-order valence-corrected chi connectivity index (χ4v) is 1.17. The van der Waals surface area contributed by atoms with Crippen molar-refractivity contribution in [2.45, 2.75) is 6.92 Å². The normalized spacial score (nSPS) is 10.6. The van der Waals surface area contributed by atoms with Gasteiger partial charge < -0.3 is 9.47 Å². The number of nitrogens with zero attached hydrogens (tertiary/aromatic N) is 2. The Morgan fingerprint density at radius 2 is 2.06 bits per heavy atom. The molecule has 0 amide bonds. The lowest BCUT2D eigenvalue weighted by atomic mass is 10.2. The maximum Gasteiger partial charge on any atom is 0.338 e. The van der Waals surface area contributed by atoms with Crippen molar-refractivity contribution in [1.82, 2.24) is 0 Å². The van der Waals surface area contributed by atoms with E-state index >= 15 is 0 Å². The van der Waals surface area contributed by atoms with Gasteiger partial charge in [0.25, 0.3) is 0 Å². The van der Waals surface area contributed by atoms with Crippen LogP contribution >= 0.6 is 0 Å². The van der Waals surface area contributed by atoms with Gasteiger partial charge in [0, 0.05) is 7.11 Å². The van der Waals surface area contributed by atoms with Gasteiger partial charge in [0.1, 0.15) is 0 Å². The van der Waals surface area contributed by atoms with E-state index in [1.165, 1.54) is 0 Å². The van der Waals surface area contributed by atoms with Gasteiger partial charge in [-0.3, -0.25) is 5.43 Å². The predicted octanol–water partition coefficient (Wildman–Crippen LogP) is 2.29. The number of benzene rings is 1. The van der Waals surface area contributed by atoms with Crippen LogP contribution in [0.25, 0.3) is 0 Å². The molecule has 98 valence electrons. The molecule has 0 fully saturated rings. The molecule has 0 aliphatic rings. The maximum atomic E-state index is 11.4. The summed E-state index contributed by atoms with van der Waals surface area (Å²) in [5, 5.41) is 7.61. The number of anilines is 1. The van der Waals surface area contributed by atoms with Gasteiger partial charge in [-0.25, -0.2) is 4.79 Å². The summed E-state index contributed by atoms with van der Waals surface area (Å²) in [6.45, 7) is 3.18. The molecular weight excluding hydrogens is 234 g/mol. The van der Waals surface area contributed by atoms with Gasteiger partial charge in [-0.15, -0.1) is 0 Å². The van der Waals surface area contributed by atoms with E-state index in [4.69, 9.17) is 9.47 Å². The van der Waals surface area contributed by atoms with E-state index in [-0.39, 0.29) is 5.97 Å². The summed E-state index contributed by atoms with van der Waals surface area (Å²) in [6.07, 6.45) is 0. The first-order valence-corrected chi connectivity index (χ1v) is 5.66. The number of rotatable bonds is 7. The Labute approximate surface area is 106 Å². The molecule has 0 aromatic heterocycles. The lowest BCUT2D eigenvalue weighted by Crippen LogP contribution is -2.04. The average molecular weight is 251 g/mol. The van der Waals surface area contributed by atoms with Gasteiger partial charge in [-0.1, -0.05) is 5.22 Å². The summed E-state index contributed by atoms with van der Waals surface area (Å²) in [4.78, 5) is 11.4. The van der Waals surface area contributed by atoms with Crippen molar-refractivity contribution in [3.05, 3.63) is 29.8 Å². The molecule has 1 aromatic carbocycles. The molecule has 1 rings (SSSR count). The highest BCUT2D eigenvalue weighted by molar-refractivity contribution is 5.89. The van der Waals surface area contributed by atoms with Gasteiger partial charge >= 0.3 is 5.97 Å². The number of hydrogen-bond donors (Lipinski definition) is 1.